The van der Waals surface area contributed by atoms with Crippen LogP contribution in [0.5, 0.6) is 11.5 Å². The highest BCUT2D eigenvalue weighted by molar-refractivity contribution is 9.10. The summed E-state index contributed by atoms with van der Waals surface area (Å²) in [6, 6.07) is 11.8. The second-order valence-electron chi connectivity index (χ2n) is 4.51. The summed E-state index contributed by atoms with van der Waals surface area (Å²) in [4.78, 5) is 0. The molecular weight excluding hydrogens is 370 g/mol. The highest BCUT2D eigenvalue weighted by atomic mass is 79.9. The molecule has 0 saturated heterocycles. The van der Waals surface area contributed by atoms with Gasteiger partial charge in [-0.25, -0.2) is 0 Å². The Bertz CT molecular complexity index is 597. The predicted octanol–water partition coefficient (Wildman–Crippen LogP) is 5.33. The Morgan fingerprint density at radius 1 is 1.05 bits per heavy atom. The van der Waals surface area contributed by atoms with Crippen molar-refractivity contribution in [3.63, 3.8) is 0 Å². The van der Waals surface area contributed by atoms with Crippen LogP contribution in [0.1, 0.15) is 24.1 Å². The molecule has 100 valence electrons. The third-order valence-corrected chi connectivity index (χ3v) is 4.08. The Balaban J connectivity index is 2.26. The lowest BCUT2D eigenvalue weighted by Gasteiger charge is -2.12. The van der Waals surface area contributed by atoms with E-state index in [1.165, 1.54) is 5.56 Å². The van der Waals surface area contributed by atoms with Crippen molar-refractivity contribution in [2.75, 3.05) is 0 Å². The van der Waals surface area contributed by atoms with Gasteiger partial charge in [0.2, 0.25) is 0 Å². The molecule has 2 N–H and O–H groups in total. The summed E-state index contributed by atoms with van der Waals surface area (Å²) < 4.78 is 7.77. The summed E-state index contributed by atoms with van der Waals surface area (Å²) in [6.07, 6.45) is 0. The van der Waals surface area contributed by atoms with E-state index in [0.29, 0.717) is 0 Å². The lowest BCUT2D eigenvalue weighted by atomic mass is 10.1. The van der Waals surface area contributed by atoms with E-state index in [1.54, 1.807) is 0 Å². The Morgan fingerprint density at radius 2 is 1.79 bits per heavy atom. The molecule has 0 bridgehead atoms. The quantitative estimate of drug-likeness (QED) is 0.775. The first-order chi connectivity index (χ1) is 8.97. The second-order valence-corrected chi connectivity index (χ2v) is 6.22. The first-order valence-electron chi connectivity index (χ1n) is 5.96. The summed E-state index contributed by atoms with van der Waals surface area (Å²) in [5, 5.41) is 0. The molecule has 0 heterocycles. The number of benzene rings is 2. The smallest absolute Gasteiger partial charge is 0.141 e. The average molecular weight is 385 g/mol. The number of rotatable bonds is 3. The van der Waals surface area contributed by atoms with Crippen LogP contribution in [0.3, 0.4) is 0 Å². The molecular formula is C15H15Br2NO. The molecule has 4 heteroatoms. The largest absolute Gasteiger partial charge is 0.456 e. The van der Waals surface area contributed by atoms with E-state index in [0.717, 1.165) is 26.0 Å². The number of aryl methyl sites for hydroxylation is 1. The summed E-state index contributed by atoms with van der Waals surface area (Å²) in [5.41, 5.74) is 8.13. The summed E-state index contributed by atoms with van der Waals surface area (Å²) in [6.45, 7) is 4.00. The topological polar surface area (TPSA) is 35.2 Å². The van der Waals surface area contributed by atoms with Gasteiger partial charge in [0.05, 0.1) is 4.47 Å². The molecule has 0 aromatic heterocycles. The van der Waals surface area contributed by atoms with Gasteiger partial charge < -0.3 is 10.5 Å². The van der Waals surface area contributed by atoms with Crippen LogP contribution < -0.4 is 10.5 Å². The zero-order valence-corrected chi connectivity index (χ0v) is 14.0. The normalized spacial score (nSPS) is 12.3. The van der Waals surface area contributed by atoms with E-state index >= 15 is 0 Å². The third-order valence-electron chi connectivity index (χ3n) is 2.78. The molecule has 0 unspecified atom stereocenters. The van der Waals surface area contributed by atoms with Crippen LogP contribution in [0.25, 0.3) is 0 Å². The first kappa shape index (κ1) is 14.6. The minimum absolute atomic E-state index is 0.00506. The molecule has 2 aromatic rings. The van der Waals surface area contributed by atoms with Crippen LogP contribution in [0.4, 0.5) is 0 Å². The van der Waals surface area contributed by atoms with Crippen molar-refractivity contribution in [3.8, 4) is 11.5 Å². The van der Waals surface area contributed by atoms with Gasteiger partial charge in [0, 0.05) is 10.5 Å². The van der Waals surface area contributed by atoms with Gasteiger partial charge in [0.15, 0.2) is 0 Å². The highest BCUT2D eigenvalue weighted by Gasteiger charge is 2.08. The maximum Gasteiger partial charge on any atom is 0.141 e. The molecule has 0 aliphatic heterocycles. The van der Waals surface area contributed by atoms with Gasteiger partial charge in [-0.1, -0.05) is 28.1 Å². The van der Waals surface area contributed by atoms with Gasteiger partial charge in [0.25, 0.3) is 0 Å². The lowest BCUT2D eigenvalue weighted by molar-refractivity contribution is 0.478. The van der Waals surface area contributed by atoms with Crippen LogP contribution >= 0.6 is 31.9 Å². The van der Waals surface area contributed by atoms with E-state index in [-0.39, 0.29) is 6.04 Å². The molecule has 0 amide bonds. The molecule has 19 heavy (non-hydrogen) atoms. The number of hydrogen-bond donors (Lipinski definition) is 1. The molecule has 2 nitrogen and oxygen atoms in total. The fourth-order valence-electron chi connectivity index (χ4n) is 1.76. The number of halogens is 2. The van der Waals surface area contributed by atoms with E-state index in [4.69, 9.17) is 10.5 Å². The van der Waals surface area contributed by atoms with Crippen molar-refractivity contribution >= 4 is 31.9 Å². The zero-order chi connectivity index (χ0) is 14.0. The number of ether oxygens (including phenoxy) is 1. The van der Waals surface area contributed by atoms with Gasteiger partial charge in [-0.3, -0.25) is 0 Å². The van der Waals surface area contributed by atoms with Crippen LogP contribution in [0.15, 0.2) is 45.3 Å². The standard InChI is InChI=1S/C15H15Br2NO/c1-9-3-6-15(14(17)7-9)19-11-4-5-12(10(2)18)13(16)8-11/h3-8,10H,18H2,1-2H3/t10-/m1/s1. The molecule has 0 fully saturated rings. The van der Waals surface area contributed by atoms with Crippen molar-refractivity contribution in [2.45, 2.75) is 19.9 Å². The highest BCUT2D eigenvalue weighted by Crippen LogP contribution is 2.33. The summed E-state index contributed by atoms with van der Waals surface area (Å²) >= 11 is 7.02. The molecule has 1 atom stereocenters. The Morgan fingerprint density at radius 3 is 2.37 bits per heavy atom. The fourth-order valence-corrected chi connectivity index (χ4v) is 3.05. The zero-order valence-electron chi connectivity index (χ0n) is 10.8. The van der Waals surface area contributed by atoms with Gasteiger partial charge in [-0.2, -0.15) is 0 Å². The van der Waals surface area contributed by atoms with Crippen molar-refractivity contribution in [1.82, 2.24) is 0 Å². The van der Waals surface area contributed by atoms with Gasteiger partial charge in [-0.05, 0) is 65.2 Å². The van der Waals surface area contributed by atoms with Crippen LogP contribution in [0, 0.1) is 6.92 Å². The summed E-state index contributed by atoms with van der Waals surface area (Å²) in [7, 11) is 0. The monoisotopic (exact) mass is 383 g/mol. The maximum atomic E-state index is 5.88. The van der Waals surface area contributed by atoms with Crippen LogP contribution in [-0.4, -0.2) is 0 Å². The summed E-state index contributed by atoms with van der Waals surface area (Å²) in [5.74, 6) is 1.58. The molecule has 0 radical (unpaired) electrons. The molecule has 0 aliphatic rings. The minimum Gasteiger partial charge on any atom is -0.456 e. The van der Waals surface area contributed by atoms with E-state index in [1.807, 2.05) is 50.2 Å². The lowest BCUT2D eigenvalue weighted by Crippen LogP contribution is -2.05. The van der Waals surface area contributed by atoms with E-state index < -0.39 is 0 Å². The van der Waals surface area contributed by atoms with Crippen LogP contribution in [0.2, 0.25) is 0 Å². The predicted molar refractivity (Wildman–Crippen MR) is 85.7 cm³/mol. The molecule has 0 spiro atoms. The van der Waals surface area contributed by atoms with Gasteiger partial charge in [-0.15, -0.1) is 0 Å². The van der Waals surface area contributed by atoms with Crippen molar-refractivity contribution in [2.24, 2.45) is 5.73 Å². The molecule has 0 aliphatic carbocycles. The number of hydrogen-bond acceptors (Lipinski definition) is 2. The molecule has 0 saturated carbocycles. The van der Waals surface area contributed by atoms with Crippen molar-refractivity contribution in [1.29, 1.82) is 0 Å². The Labute approximate surface area is 130 Å². The first-order valence-corrected chi connectivity index (χ1v) is 7.55. The van der Waals surface area contributed by atoms with Gasteiger partial charge in [0.1, 0.15) is 11.5 Å². The third kappa shape index (κ3) is 3.59. The second kappa shape index (κ2) is 6.07. The Kier molecular flexibility index (Phi) is 4.66. The van der Waals surface area contributed by atoms with Gasteiger partial charge >= 0.3 is 0 Å². The van der Waals surface area contributed by atoms with Crippen LogP contribution in [-0.2, 0) is 0 Å². The van der Waals surface area contributed by atoms with Crippen molar-refractivity contribution in [3.05, 3.63) is 56.5 Å². The molecule has 2 aromatic carbocycles. The van der Waals surface area contributed by atoms with E-state index in [9.17, 15) is 0 Å². The fraction of sp³-hybridized carbons (Fsp3) is 0.200. The van der Waals surface area contributed by atoms with E-state index in [2.05, 4.69) is 31.9 Å². The van der Waals surface area contributed by atoms with Crippen molar-refractivity contribution < 1.29 is 4.74 Å². The minimum atomic E-state index is -0.00506. The Hall–Kier alpha value is -0.840. The molecule has 2 rings (SSSR count). The average Bonchev–Trinajstić information content (AvgIpc) is 2.32. The maximum absolute atomic E-state index is 5.88. The SMILES string of the molecule is Cc1ccc(Oc2ccc([C@@H](C)N)c(Br)c2)c(Br)c1. The number of nitrogens with two attached hydrogens (primary N) is 1.